The van der Waals surface area contributed by atoms with Crippen molar-refractivity contribution in [3.8, 4) is 5.75 Å². The van der Waals surface area contributed by atoms with Gasteiger partial charge in [-0.3, -0.25) is 19.6 Å². The fourth-order valence-electron chi connectivity index (χ4n) is 4.46. The zero-order valence-electron chi connectivity index (χ0n) is 16.1. The largest absolute Gasteiger partial charge is 0.489 e. The topological polar surface area (TPSA) is 75.3 Å². The molecule has 7 heteroatoms. The lowest BCUT2D eigenvalue weighted by Crippen LogP contribution is -2.44. The maximum Gasteiger partial charge on any atom is 0.261 e. The molecule has 2 aliphatic rings. The van der Waals surface area contributed by atoms with Gasteiger partial charge in [0.25, 0.3) is 11.8 Å². The number of benzene rings is 2. The summed E-state index contributed by atoms with van der Waals surface area (Å²) < 4.78 is 6.38. The highest BCUT2D eigenvalue weighted by Gasteiger charge is 2.41. The average molecular weight is 407 g/mol. The summed E-state index contributed by atoms with van der Waals surface area (Å²) in [6.45, 7) is 0. The lowest BCUT2D eigenvalue weighted by molar-refractivity contribution is 0.0448. The van der Waals surface area contributed by atoms with Crippen LogP contribution in [-0.4, -0.2) is 45.3 Å². The molecule has 1 aliphatic carbocycles. The Balaban J connectivity index is 1.37. The molecule has 148 valence electrons. The number of thioether (sulfide) groups is 1. The summed E-state index contributed by atoms with van der Waals surface area (Å²) in [5.74, 6) is 0.473. The number of aromatic nitrogens is 2. The van der Waals surface area contributed by atoms with Crippen molar-refractivity contribution in [2.75, 3.05) is 6.26 Å². The van der Waals surface area contributed by atoms with Gasteiger partial charge in [0.2, 0.25) is 0 Å². The van der Waals surface area contributed by atoms with Crippen LogP contribution in [0.15, 0.2) is 47.5 Å². The molecule has 2 atom stereocenters. The number of hydrogen-bond donors (Lipinski definition) is 1. The first kappa shape index (κ1) is 18.2. The predicted octanol–water partition coefficient (Wildman–Crippen LogP) is 4.27. The van der Waals surface area contributed by atoms with E-state index in [-0.39, 0.29) is 24.0 Å². The quantitative estimate of drug-likeness (QED) is 0.516. The molecule has 2 heterocycles. The van der Waals surface area contributed by atoms with Crippen LogP contribution in [0.25, 0.3) is 10.9 Å². The third-order valence-electron chi connectivity index (χ3n) is 5.83. The second-order valence-electron chi connectivity index (χ2n) is 7.51. The summed E-state index contributed by atoms with van der Waals surface area (Å²) in [7, 11) is 0. The predicted molar refractivity (Wildman–Crippen MR) is 111 cm³/mol. The van der Waals surface area contributed by atoms with E-state index >= 15 is 0 Å². The van der Waals surface area contributed by atoms with Crippen LogP contribution in [-0.2, 0) is 0 Å². The number of nitrogens with zero attached hydrogens (tertiary/aromatic N) is 2. The third-order valence-corrected chi connectivity index (χ3v) is 6.65. The third kappa shape index (κ3) is 3.00. The van der Waals surface area contributed by atoms with E-state index < -0.39 is 0 Å². The number of fused-ring (bicyclic) bond motifs is 2. The van der Waals surface area contributed by atoms with E-state index in [1.54, 1.807) is 36.0 Å². The molecule has 6 nitrogen and oxygen atoms in total. The Hall–Kier alpha value is -2.80. The second-order valence-corrected chi connectivity index (χ2v) is 8.33. The minimum Gasteiger partial charge on any atom is -0.489 e. The summed E-state index contributed by atoms with van der Waals surface area (Å²) >= 11 is 1.63. The van der Waals surface area contributed by atoms with E-state index in [0.29, 0.717) is 17.5 Å². The van der Waals surface area contributed by atoms with E-state index in [9.17, 15) is 9.59 Å². The number of carbonyl (C=O) groups excluding carboxylic acids is 2. The first-order valence-corrected chi connectivity index (χ1v) is 11.0. The summed E-state index contributed by atoms with van der Waals surface area (Å²) in [4.78, 5) is 28.2. The van der Waals surface area contributed by atoms with Crippen molar-refractivity contribution in [2.45, 2.75) is 42.7 Å². The molecule has 5 rings (SSSR count). The molecule has 1 N–H and O–H groups in total. The highest BCUT2D eigenvalue weighted by Crippen LogP contribution is 2.38. The molecule has 2 amide bonds. The van der Waals surface area contributed by atoms with Gasteiger partial charge in [0, 0.05) is 17.8 Å². The molecule has 0 radical (unpaired) electrons. The first-order chi connectivity index (χ1) is 14.2. The van der Waals surface area contributed by atoms with E-state index in [2.05, 4.69) is 10.2 Å². The molecule has 1 fully saturated rings. The molecular formula is C22H21N3O3S. The van der Waals surface area contributed by atoms with Crippen LogP contribution in [0.3, 0.4) is 0 Å². The number of aromatic amines is 1. The maximum absolute atomic E-state index is 12.8. The number of amides is 2. The van der Waals surface area contributed by atoms with Gasteiger partial charge in [0.15, 0.2) is 0 Å². The van der Waals surface area contributed by atoms with E-state index in [4.69, 9.17) is 4.74 Å². The number of ether oxygens (including phenoxy) is 1. The van der Waals surface area contributed by atoms with Gasteiger partial charge in [0.05, 0.1) is 27.7 Å². The Labute approximate surface area is 172 Å². The minimum absolute atomic E-state index is 0.0340. The summed E-state index contributed by atoms with van der Waals surface area (Å²) in [5, 5.41) is 8.15. The van der Waals surface area contributed by atoms with Gasteiger partial charge in [0.1, 0.15) is 11.9 Å². The number of rotatable bonds is 4. The van der Waals surface area contributed by atoms with Crippen molar-refractivity contribution < 1.29 is 14.3 Å². The van der Waals surface area contributed by atoms with Crippen LogP contribution in [0, 0.1) is 0 Å². The lowest BCUT2D eigenvalue weighted by Gasteiger charge is -2.34. The monoisotopic (exact) mass is 407 g/mol. The van der Waals surface area contributed by atoms with E-state index in [1.807, 2.05) is 24.6 Å². The smallest absolute Gasteiger partial charge is 0.261 e. The Morgan fingerprint density at radius 3 is 2.59 bits per heavy atom. The number of nitrogens with one attached hydrogen (secondary N) is 1. The minimum atomic E-state index is -0.180. The Bertz CT molecular complexity index is 1070. The standard InChI is InChI=1S/C22H21N3O3S/c1-29-20-17-12-23-24-18(17)9-10-19(20)28-14-6-4-5-13(11-14)25-21(26)15-7-2-3-8-16(15)22(25)27/h2-3,7-10,12-14H,4-6,11H2,1H3,(H,23,24)/t13-,14-/m0/s1. The first-order valence-electron chi connectivity index (χ1n) is 9.81. The van der Waals surface area contributed by atoms with Crippen molar-refractivity contribution in [1.29, 1.82) is 0 Å². The van der Waals surface area contributed by atoms with Gasteiger partial charge >= 0.3 is 0 Å². The van der Waals surface area contributed by atoms with Crippen LogP contribution in [0.2, 0.25) is 0 Å². The maximum atomic E-state index is 12.8. The Morgan fingerprint density at radius 1 is 1.10 bits per heavy atom. The molecule has 0 unspecified atom stereocenters. The van der Waals surface area contributed by atoms with Crippen molar-refractivity contribution >= 4 is 34.5 Å². The molecule has 0 saturated heterocycles. The van der Waals surface area contributed by atoms with Crippen molar-refractivity contribution in [3.05, 3.63) is 53.7 Å². The molecule has 0 spiro atoms. The second kappa shape index (κ2) is 7.22. The van der Waals surface area contributed by atoms with Crippen LogP contribution in [0.5, 0.6) is 5.75 Å². The molecule has 1 aromatic heterocycles. The normalized spacial score (nSPS) is 21.6. The van der Waals surface area contributed by atoms with Gasteiger partial charge in [-0.2, -0.15) is 5.10 Å². The summed E-state index contributed by atoms with van der Waals surface area (Å²) in [6.07, 6.45) is 7.12. The van der Waals surface area contributed by atoms with Crippen LogP contribution < -0.4 is 4.74 Å². The number of imide groups is 1. The Morgan fingerprint density at radius 2 is 1.86 bits per heavy atom. The molecule has 2 aromatic carbocycles. The van der Waals surface area contributed by atoms with Crippen LogP contribution in [0.1, 0.15) is 46.4 Å². The van der Waals surface area contributed by atoms with Crippen LogP contribution >= 0.6 is 11.8 Å². The highest BCUT2D eigenvalue weighted by molar-refractivity contribution is 7.99. The molecule has 0 bridgehead atoms. The molecule has 3 aromatic rings. The van der Waals surface area contributed by atoms with Gasteiger partial charge in [-0.1, -0.05) is 12.1 Å². The number of carbonyl (C=O) groups is 2. The fourth-order valence-corrected chi connectivity index (χ4v) is 5.16. The van der Waals surface area contributed by atoms with Gasteiger partial charge in [-0.15, -0.1) is 11.8 Å². The van der Waals surface area contributed by atoms with E-state index in [0.717, 1.165) is 40.8 Å². The van der Waals surface area contributed by atoms with E-state index in [1.165, 1.54) is 4.90 Å². The average Bonchev–Trinajstić information content (AvgIpc) is 3.31. The zero-order valence-corrected chi connectivity index (χ0v) is 16.9. The molecule has 1 saturated carbocycles. The summed E-state index contributed by atoms with van der Waals surface area (Å²) in [5.41, 5.74) is 2.00. The summed E-state index contributed by atoms with van der Waals surface area (Å²) in [6, 6.07) is 10.9. The Kier molecular flexibility index (Phi) is 4.54. The molecule has 29 heavy (non-hydrogen) atoms. The molecular weight excluding hydrogens is 386 g/mol. The number of H-pyrrole nitrogens is 1. The lowest BCUT2D eigenvalue weighted by atomic mass is 9.91. The van der Waals surface area contributed by atoms with Gasteiger partial charge < -0.3 is 4.74 Å². The van der Waals surface area contributed by atoms with Crippen molar-refractivity contribution in [2.24, 2.45) is 0 Å². The van der Waals surface area contributed by atoms with Crippen molar-refractivity contribution in [3.63, 3.8) is 0 Å². The highest BCUT2D eigenvalue weighted by atomic mass is 32.2. The van der Waals surface area contributed by atoms with Gasteiger partial charge in [-0.05, 0) is 49.8 Å². The number of hydrogen-bond acceptors (Lipinski definition) is 5. The van der Waals surface area contributed by atoms with Crippen molar-refractivity contribution in [1.82, 2.24) is 15.1 Å². The SMILES string of the molecule is CSc1c(O[C@H]2CCC[C@H](N3C(=O)c4ccccc4C3=O)C2)ccc2[nH]ncc12. The molecule has 1 aliphatic heterocycles. The van der Waals surface area contributed by atoms with Crippen LogP contribution in [0.4, 0.5) is 0 Å². The zero-order chi connectivity index (χ0) is 20.0. The fraction of sp³-hybridized carbons (Fsp3) is 0.318. The van der Waals surface area contributed by atoms with Gasteiger partial charge in [-0.25, -0.2) is 0 Å².